The van der Waals surface area contributed by atoms with Crippen molar-refractivity contribution in [1.29, 1.82) is 0 Å². The van der Waals surface area contributed by atoms with E-state index in [9.17, 15) is 4.79 Å². The third-order valence-corrected chi connectivity index (χ3v) is 3.90. The van der Waals surface area contributed by atoms with Crippen LogP contribution >= 0.6 is 0 Å². The van der Waals surface area contributed by atoms with Crippen molar-refractivity contribution >= 4 is 11.6 Å². The van der Waals surface area contributed by atoms with Crippen LogP contribution in [0.1, 0.15) is 36.3 Å². The van der Waals surface area contributed by atoms with Crippen LogP contribution in [0.5, 0.6) is 5.75 Å². The molecule has 0 aliphatic carbocycles. The molecule has 1 aromatic carbocycles. The van der Waals surface area contributed by atoms with Gasteiger partial charge in [0.1, 0.15) is 11.4 Å². The molecule has 0 aliphatic heterocycles. The van der Waals surface area contributed by atoms with Gasteiger partial charge in [-0.15, -0.1) is 0 Å². The van der Waals surface area contributed by atoms with Gasteiger partial charge in [-0.3, -0.25) is 9.78 Å². The molecule has 24 heavy (non-hydrogen) atoms. The van der Waals surface area contributed by atoms with Gasteiger partial charge in [0.25, 0.3) is 5.91 Å². The van der Waals surface area contributed by atoms with E-state index in [-0.39, 0.29) is 11.9 Å². The van der Waals surface area contributed by atoms with E-state index in [0.717, 1.165) is 36.4 Å². The highest BCUT2D eigenvalue weighted by Crippen LogP contribution is 2.18. The third kappa shape index (κ3) is 4.98. The smallest absolute Gasteiger partial charge is 0.270 e. The Morgan fingerprint density at radius 1 is 1.29 bits per heavy atom. The largest absolute Gasteiger partial charge is 0.496 e. The average molecular weight is 327 g/mol. The number of amides is 1. The van der Waals surface area contributed by atoms with Crippen LogP contribution < -0.4 is 15.4 Å². The minimum Gasteiger partial charge on any atom is -0.496 e. The normalized spacial score (nSPS) is 11.6. The average Bonchev–Trinajstić information content (AvgIpc) is 2.62. The monoisotopic (exact) mass is 327 g/mol. The maximum absolute atomic E-state index is 12.1. The van der Waals surface area contributed by atoms with Crippen LogP contribution in [0.15, 0.2) is 42.6 Å². The lowest BCUT2D eigenvalue weighted by Crippen LogP contribution is -2.32. The Kier molecular flexibility index (Phi) is 6.61. The Morgan fingerprint density at radius 3 is 2.83 bits per heavy atom. The Hall–Kier alpha value is -2.56. The van der Waals surface area contributed by atoms with E-state index in [1.165, 1.54) is 0 Å². The maximum Gasteiger partial charge on any atom is 0.270 e. The zero-order valence-electron chi connectivity index (χ0n) is 14.5. The highest BCUT2D eigenvalue weighted by Gasteiger charge is 2.10. The Balaban J connectivity index is 1.93. The fraction of sp³-hybridized carbons (Fsp3) is 0.368. The molecule has 0 saturated carbocycles. The summed E-state index contributed by atoms with van der Waals surface area (Å²) in [5.74, 6) is 0.750. The van der Waals surface area contributed by atoms with E-state index < -0.39 is 0 Å². The van der Waals surface area contributed by atoms with Crippen molar-refractivity contribution in [3.63, 3.8) is 0 Å². The Bertz CT molecular complexity index is 673. The molecule has 1 heterocycles. The Labute approximate surface area is 143 Å². The van der Waals surface area contributed by atoms with Crippen LogP contribution in [-0.4, -0.2) is 30.6 Å². The van der Waals surface area contributed by atoms with Crippen molar-refractivity contribution in [2.75, 3.05) is 19.0 Å². The van der Waals surface area contributed by atoms with Gasteiger partial charge in [0.15, 0.2) is 0 Å². The fourth-order valence-electron chi connectivity index (χ4n) is 2.32. The lowest BCUT2D eigenvalue weighted by Gasteiger charge is -2.12. The number of benzene rings is 1. The van der Waals surface area contributed by atoms with Gasteiger partial charge in [-0.1, -0.05) is 25.1 Å². The summed E-state index contributed by atoms with van der Waals surface area (Å²) in [5, 5.41) is 6.26. The second-order valence-corrected chi connectivity index (χ2v) is 5.70. The molecule has 0 spiro atoms. The molecule has 2 rings (SSSR count). The first kappa shape index (κ1) is 17.8. The van der Waals surface area contributed by atoms with Gasteiger partial charge in [-0.05, 0) is 43.5 Å². The van der Waals surface area contributed by atoms with E-state index in [2.05, 4.69) is 21.7 Å². The molecule has 0 fully saturated rings. The molecular weight excluding hydrogens is 302 g/mol. The number of aromatic nitrogens is 1. The molecule has 0 radical (unpaired) electrons. The number of anilines is 1. The fourth-order valence-corrected chi connectivity index (χ4v) is 2.32. The molecule has 2 N–H and O–H groups in total. The number of ether oxygens (including phenoxy) is 1. The summed E-state index contributed by atoms with van der Waals surface area (Å²) in [4.78, 5) is 16.3. The molecule has 2 aromatic rings. The van der Waals surface area contributed by atoms with E-state index in [4.69, 9.17) is 4.74 Å². The van der Waals surface area contributed by atoms with Crippen molar-refractivity contribution < 1.29 is 9.53 Å². The zero-order chi connectivity index (χ0) is 17.4. The molecule has 0 bridgehead atoms. The van der Waals surface area contributed by atoms with Gasteiger partial charge in [-0.2, -0.15) is 0 Å². The number of para-hydroxylation sites is 1. The minimum atomic E-state index is -0.141. The first-order valence-corrected chi connectivity index (χ1v) is 8.26. The first-order valence-electron chi connectivity index (χ1n) is 8.26. The van der Waals surface area contributed by atoms with Crippen molar-refractivity contribution in [3.8, 4) is 5.75 Å². The number of carbonyl (C=O) groups excluding carboxylic acids is 1. The van der Waals surface area contributed by atoms with Gasteiger partial charge in [-0.25, -0.2) is 0 Å². The SMILES string of the molecule is CCC(C)NC(=O)c1cc(NCCc2ccccc2OC)ccn1. The van der Waals surface area contributed by atoms with Crippen LogP contribution in [0, 0.1) is 0 Å². The third-order valence-electron chi connectivity index (χ3n) is 3.90. The van der Waals surface area contributed by atoms with Crippen LogP contribution in [0.2, 0.25) is 0 Å². The molecule has 0 saturated heterocycles. The summed E-state index contributed by atoms with van der Waals surface area (Å²) < 4.78 is 5.36. The number of hydrogen-bond acceptors (Lipinski definition) is 4. The van der Waals surface area contributed by atoms with Gasteiger partial charge < -0.3 is 15.4 Å². The number of methoxy groups -OCH3 is 1. The molecule has 5 heteroatoms. The maximum atomic E-state index is 12.1. The van der Waals surface area contributed by atoms with Crippen LogP contribution in [0.3, 0.4) is 0 Å². The van der Waals surface area contributed by atoms with Gasteiger partial charge in [0.2, 0.25) is 0 Å². The topological polar surface area (TPSA) is 63.2 Å². The molecule has 128 valence electrons. The number of rotatable bonds is 8. The predicted molar refractivity (Wildman–Crippen MR) is 96.6 cm³/mol. The van der Waals surface area contributed by atoms with E-state index in [0.29, 0.717) is 5.69 Å². The highest BCUT2D eigenvalue weighted by molar-refractivity contribution is 5.93. The molecule has 1 aromatic heterocycles. The molecule has 1 amide bonds. The summed E-state index contributed by atoms with van der Waals surface area (Å²) in [6.07, 6.45) is 3.38. The van der Waals surface area contributed by atoms with Crippen LogP contribution in [0.25, 0.3) is 0 Å². The number of hydrogen-bond donors (Lipinski definition) is 2. The van der Waals surface area contributed by atoms with Crippen molar-refractivity contribution in [2.24, 2.45) is 0 Å². The summed E-state index contributed by atoms with van der Waals surface area (Å²) in [6.45, 7) is 4.76. The summed E-state index contributed by atoms with van der Waals surface area (Å²) in [7, 11) is 1.68. The van der Waals surface area contributed by atoms with E-state index in [1.54, 1.807) is 19.4 Å². The standard InChI is InChI=1S/C19H25N3O2/c1-4-14(2)22-19(23)17-13-16(10-12-21-17)20-11-9-15-7-5-6-8-18(15)24-3/h5-8,10,12-14H,4,9,11H2,1-3H3,(H,20,21)(H,22,23). The summed E-state index contributed by atoms with van der Waals surface area (Å²) in [6, 6.07) is 11.8. The van der Waals surface area contributed by atoms with Crippen molar-refractivity contribution in [2.45, 2.75) is 32.7 Å². The molecule has 5 nitrogen and oxygen atoms in total. The predicted octanol–water partition coefficient (Wildman–Crippen LogP) is 3.27. The molecule has 0 aliphatic rings. The molecular formula is C19H25N3O2. The molecule has 1 atom stereocenters. The number of nitrogens with one attached hydrogen (secondary N) is 2. The van der Waals surface area contributed by atoms with Gasteiger partial charge >= 0.3 is 0 Å². The highest BCUT2D eigenvalue weighted by atomic mass is 16.5. The quantitative estimate of drug-likeness (QED) is 0.781. The number of pyridine rings is 1. The minimum absolute atomic E-state index is 0.140. The summed E-state index contributed by atoms with van der Waals surface area (Å²) >= 11 is 0. The van der Waals surface area contributed by atoms with Gasteiger partial charge in [0, 0.05) is 24.5 Å². The van der Waals surface area contributed by atoms with Gasteiger partial charge in [0.05, 0.1) is 7.11 Å². The zero-order valence-corrected chi connectivity index (χ0v) is 14.5. The Morgan fingerprint density at radius 2 is 2.08 bits per heavy atom. The lowest BCUT2D eigenvalue weighted by atomic mass is 10.1. The molecule has 1 unspecified atom stereocenters. The second-order valence-electron chi connectivity index (χ2n) is 5.70. The van der Waals surface area contributed by atoms with Crippen molar-refractivity contribution in [1.82, 2.24) is 10.3 Å². The van der Waals surface area contributed by atoms with Crippen LogP contribution in [-0.2, 0) is 6.42 Å². The van der Waals surface area contributed by atoms with Crippen LogP contribution in [0.4, 0.5) is 5.69 Å². The van der Waals surface area contributed by atoms with E-state index >= 15 is 0 Å². The van der Waals surface area contributed by atoms with Crippen molar-refractivity contribution in [3.05, 3.63) is 53.9 Å². The second kappa shape index (κ2) is 8.91. The number of carbonyl (C=O) groups is 1. The summed E-state index contributed by atoms with van der Waals surface area (Å²) in [5.41, 5.74) is 2.46. The lowest BCUT2D eigenvalue weighted by molar-refractivity contribution is 0.0934. The van der Waals surface area contributed by atoms with E-state index in [1.807, 2.05) is 38.1 Å². The number of nitrogens with zero attached hydrogens (tertiary/aromatic N) is 1. The first-order chi connectivity index (χ1) is 11.6.